The lowest BCUT2D eigenvalue weighted by atomic mass is 9.86. The number of aliphatic hydroxyl groups excluding tert-OH is 1. The zero-order valence-electron chi connectivity index (χ0n) is 14.4. The Labute approximate surface area is 152 Å². The second-order valence-corrected chi connectivity index (χ2v) is 6.79. The number of aromatic nitrogens is 1. The van der Waals surface area contributed by atoms with Crippen molar-refractivity contribution in [3.05, 3.63) is 71.9 Å². The molecule has 132 valence electrons. The third kappa shape index (κ3) is 3.13. The number of nitrogens with zero attached hydrogens (tertiary/aromatic N) is 2. The number of nitrogens with two attached hydrogens (primary N) is 1. The highest BCUT2D eigenvalue weighted by molar-refractivity contribution is 5.94. The van der Waals surface area contributed by atoms with Crippen molar-refractivity contribution in [3.63, 3.8) is 0 Å². The van der Waals surface area contributed by atoms with Gasteiger partial charge >= 0.3 is 0 Å². The van der Waals surface area contributed by atoms with E-state index in [2.05, 4.69) is 35.3 Å². The lowest BCUT2D eigenvalue weighted by Gasteiger charge is -2.36. The molecule has 3 aromatic rings. The number of aliphatic hydroxyl groups is 1. The molecule has 4 rings (SSSR count). The number of benzene rings is 2. The first-order chi connectivity index (χ1) is 12.6. The minimum atomic E-state index is -0.587. The maximum atomic E-state index is 12.6. The van der Waals surface area contributed by atoms with Crippen LogP contribution in [0.3, 0.4) is 0 Å². The summed E-state index contributed by atoms with van der Waals surface area (Å²) in [5.74, 6) is 0.304. The summed E-state index contributed by atoms with van der Waals surface area (Å²) in [4.78, 5) is 18.3. The fraction of sp³-hybridized carbons (Fsp3) is 0.238. The van der Waals surface area contributed by atoms with E-state index in [0.29, 0.717) is 24.5 Å². The molecular weight excluding hydrogens is 326 g/mol. The van der Waals surface area contributed by atoms with Gasteiger partial charge in [0, 0.05) is 25.2 Å². The molecule has 1 aromatic heterocycles. The number of hydrogen-bond donors (Lipinski definition) is 2. The summed E-state index contributed by atoms with van der Waals surface area (Å²) >= 11 is 0. The Hall–Kier alpha value is -2.92. The zero-order valence-corrected chi connectivity index (χ0v) is 14.4. The van der Waals surface area contributed by atoms with E-state index in [9.17, 15) is 9.90 Å². The summed E-state index contributed by atoms with van der Waals surface area (Å²) in [6.45, 7) is 0.929. The van der Waals surface area contributed by atoms with Crippen molar-refractivity contribution >= 4 is 22.5 Å². The third-order valence-corrected chi connectivity index (χ3v) is 5.10. The van der Waals surface area contributed by atoms with Crippen LogP contribution in [0.25, 0.3) is 10.8 Å². The number of piperidine rings is 1. The van der Waals surface area contributed by atoms with E-state index >= 15 is 0 Å². The minimum Gasteiger partial charge on any atom is -0.391 e. The molecule has 0 bridgehead atoms. The van der Waals surface area contributed by atoms with E-state index in [1.165, 1.54) is 17.0 Å². The Kier molecular flexibility index (Phi) is 4.31. The molecule has 1 fully saturated rings. The number of fused-ring (bicyclic) bond motifs is 1. The summed E-state index contributed by atoms with van der Waals surface area (Å²) in [7, 11) is 0. The van der Waals surface area contributed by atoms with Crippen molar-refractivity contribution in [2.45, 2.75) is 18.4 Å². The molecule has 2 aromatic carbocycles. The van der Waals surface area contributed by atoms with E-state index in [-0.39, 0.29) is 11.8 Å². The van der Waals surface area contributed by atoms with Gasteiger partial charge in [-0.25, -0.2) is 4.98 Å². The fourth-order valence-corrected chi connectivity index (χ4v) is 3.66. The van der Waals surface area contributed by atoms with Crippen molar-refractivity contribution in [2.24, 2.45) is 0 Å². The normalized spacial score (nSPS) is 20.3. The van der Waals surface area contributed by atoms with E-state index in [0.717, 1.165) is 12.0 Å². The van der Waals surface area contributed by atoms with Crippen LogP contribution in [0.4, 0.5) is 5.82 Å². The Morgan fingerprint density at radius 3 is 2.65 bits per heavy atom. The summed E-state index contributed by atoms with van der Waals surface area (Å²) in [6, 6.07) is 17.8. The molecule has 1 saturated heterocycles. The molecule has 2 atom stereocenters. The van der Waals surface area contributed by atoms with Crippen LogP contribution in [0.2, 0.25) is 0 Å². The number of nitrogen functional groups attached to an aromatic ring is 1. The maximum Gasteiger partial charge on any atom is 0.255 e. The van der Waals surface area contributed by atoms with E-state index in [1.807, 2.05) is 12.1 Å². The zero-order chi connectivity index (χ0) is 18.1. The van der Waals surface area contributed by atoms with Gasteiger partial charge in [-0.2, -0.15) is 0 Å². The molecule has 2 heterocycles. The summed E-state index contributed by atoms with van der Waals surface area (Å²) < 4.78 is 0. The van der Waals surface area contributed by atoms with Crippen molar-refractivity contribution in [1.29, 1.82) is 0 Å². The molecule has 1 aliphatic heterocycles. The van der Waals surface area contributed by atoms with Gasteiger partial charge in [-0.3, -0.25) is 4.79 Å². The number of β-amino-alcohol motifs (C(OH)–C–C–N with tert-alkyl or cyclic N) is 1. The minimum absolute atomic E-state index is 0.0354. The molecule has 5 nitrogen and oxygen atoms in total. The molecule has 26 heavy (non-hydrogen) atoms. The summed E-state index contributed by atoms with van der Waals surface area (Å²) in [5, 5.41) is 13.0. The highest BCUT2D eigenvalue weighted by Gasteiger charge is 2.31. The molecule has 0 aliphatic carbocycles. The van der Waals surface area contributed by atoms with Crippen LogP contribution in [0, 0.1) is 0 Å². The van der Waals surface area contributed by atoms with E-state index < -0.39 is 6.10 Å². The quantitative estimate of drug-likeness (QED) is 0.747. The standard InChI is InChI=1S/C21H21N3O2/c22-20-8-7-17(12-23-20)21(26)24-10-9-18(19(25)13-24)16-6-5-14-3-1-2-4-15(14)11-16/h1-8,11-12,18-19,25H,9-10,13H2,(H2,22,23)/t18-,19+/m0/s1. The van der Waals surface area contributed by atoms with Crippen molar-refractivity contribution in [3.8, 4) is 0 Å². The number of rotatable bonds is 2. The Morgan fingerprint density at radius 2 is 1.92 bits per heavy atom. The number of likely N-dealkylation sites (tertiary alicyclic amines) is 1. The number of carbonyl (C=O) groups excluding carboxylic acids is 1. The van der Waals surface area contributed by atoms with Gasteiger partial charge in [-0.1, -0.05) is 42.5 Å². The van der Waals surface area contributed by atoms with Crippen molar-refractivity contribution < 1.29 is 9.90 Å². The summed E-state index contributed by atoms with van der Waals surface area (Å²) in [5.41, 5.74) is 7.19. The number of carbonyl (C=O) groups is 1. The van der Waals surface area contributed by atoms with Crippen LogP contribution in [0.15, 0.2) is 60.8 Å². The lowest BCUT2D eigenvalue weighted by molar-refractivity contribution is 0.0382. The molecule has 0 radical (unpaired) electrons. The topological polar surface area (TPSA) is 79.5 Å². The van der Waals surface area contributed by atoms with Gasteiger partial charge in [0.25, 0.3) is 5.91 Å². The Balaban J connectivity index is 1.50. The number of hydrogen-bond acceptors (Lipinski definition) is 4. The monoisotopic (exact) mass is 347 g/mol. The van der Waals surface area contributed by atoms with Crippen LogP contribution >= 0.6 is 0 Å². The lowest BCUT2D eigenvalue weighted by Crippen LogP contribution is -2.45. The number of anilines is 1. The largest absolute Gasteiger partial charge is 0.391 e. The maximum absolute atomic E-state index is 12.6. The SMILES string of the molecule is Nc1ccc(C(=O)N2CC[C@@H](c3ccc4ccccc4c3)[C@H](O)C2)cn1. The Bertz CT molecular complexity index is 939. The van der Waals surface area contributed by atoms with E-state index in [4.69, 9.17) is 5.73 Å². The van der Waals surface area contributed by atoms with Crippen LogP contribution in [-0.4, -0.2) is 40.1 Å². The molecule has 0 spiro atoms. The van der Waals surface area contributed by atoms with Crippen LogP contribution in [0.1, 0.15) is 28.3 Å². The highest BCUT2D eigenvalue weighted by Crippen LogP contribution is 2.31. The Morgan fingerprint density at radius 1 is 1.12 bits per heavy atom. The van der Waals surface area contributed by atoms with Crippen LogP contribution in [0.5, 0.6) is 0 Å². The van der Waals surface area contributed by atoms with Gasteiger partial charge in [-0.05, 0) is 34.9 Å². The van der Waals surface area contributed by atoms with Gasteiger partial charge < -0.3 is 15.7 Å². The number of amides is 1. The first kappa shape index (κ1) is 16.5. The molecule has 3 N–H and O–H groups in total. The first-order valence-corrected chi connectivity index (χ1v) is 8.79. The smallest absolute Gasteiger partial charge is 0.255 e. The predicted molar refractivity (Wildman–Crippen MR) is 102 cm³/mol. The summed E-state index contributed by atoms with van der Waals surface area (Å²) in [6.07, 6.45) is 1.63. The highest BCUT2D eigenvalue weighted by atomic mass is 16.3. The second kappa shape index (κ2) is 6.77. The molecule has 1 aliphatic rings. The van der Waals surface area contributed by atoms with Gasteiger partial charge in [0.15, 0.2) is 0 Å². The van der Waals surface area contributed by atoms with Crippen molar-refractivity contribution in [2.75, 3.05) is 18.8 Å². The van der Waals surface area contributed by atoms with Gasteiger partial charge in [0.1, 0.15) is 5.82 Å². The molecule has 0 unspecified atom stereocenters. The average molecular weight is 347 g/mol. The van der Waals surface area contributed by atoms with Crippen LogP contribution < -0.4 is 5.73 Å². The van der Waals surface area contributed by atoms with Gasteiger partial charge in [0.05, 0.1) is 11.7 Å². The molecule has 5 heteroatoms. The van der Waals surface area contributed by atoms with Crippen LogP contribution in [-0.2, 0) is 0 Å². The predicted octanol–water partition coefficient (Wildman–Crippen LogP) is 2.81. The third-order valence-electron chi connectivity index (χ3n) is 5.10. The van der Waals surface area contributed by atoms with Gasteiger partial charge in [0.2, 0.25) is 0 Å². The first-order valence-electron chi connectivity index (χ1n) is 8.79. The molecule has 1 amide bonds. The molecule has 0 saturated carbocycles. The van der Waals surface area contributed by atoms with Gasteiger partial charge in [-0.15, -0.1) is 0 Å². The molecular formula is C21H21N3O2. The van der Waals surface area contributed by atoms with Crippen molar-refractivity contribution in [1.82, 2.24) is 9.88 Å². The number of pyridine rings is 1. The fourth-order valence-electron chi connectivity index (χ4n) is 3.66. The second-order valence-electron chi connectivity index (χ2n) is 6.79. The average Bonchev–Trinajstić information content (AvgIpc) is 2.67. The van der Waals surface area contributed by atoms with E-state index in [1.54, 1.807) is 17.0 Å².